The standard InChI is InChI=1S/C17H15N3O3/c1-13(10-14-6-3-2-4-7-14)12-18-19-17(21)15-8-5-9-16(11-15)20(22)23/h2-12H,1H3,(H,19,21)/b13-10+,18-12?. The SMILES string of the molecule is C/C(C=NNC(=O)c1cccc([N+](=O)[O-])c1)=C\c1ccccc1. The summed E-state index contributed by atoms with van der Waals surface area (Å²) in [5.74, 6) is -0.502. The van der Waals surface area contributed by atoms with Crippen LogP contribution in [0.3, 0.4) is 0 Å². The fourth-order valence-corrected chi connectivity index (χ4v) is 1.87. The molecule has 0 aliphatic carbocycles. The Kier molecular flexibility index (Phi) is 5.35. The van der Waals surface area contributed by atoms with Crippen LogP contribution in [-0.2, 0) is 0 Å². The highest BCUT2D eigenvalue weighted by Crippen LogP contribution is 2.12. The molecule has 2 rings (SSSR count). The molecule has 0 heterocycles. The summed E-state index contributed by atoms with van der Waals surface area (Å²) >= 11 is 0. The number of amides is 1. The normalized spacial score (nSPS) is 11.4. The topological polar surface area (TPSA) is 84.6 Å². The van der Waals surface area contributed by atoms with Gasteiger partial charge in [-0.3, -0.25) is 14.9 Å². The minimum Gasteiger partial charge on any atom is -0.267 e. The Bertz CT molecular complexity index is 768. The van der Waals surface area contributed by atoms with Crippen molar-refractivity contribution in [2.75, 3.05) is 0 Å². The quantitative estimate of drug-likeness (QED) is 0.522. The van der Waals surface area contributed by atoms with Crippen molar-refractivity contribution in [2.24, 2.45) is 5.10 Å². The van der Waals surface area contributed by atoms with E-state index in [4.69, 9.17) is 0 Å². The number of hydrogen-bond acceptors (Lipinski definition) is 4. The summed E-state index contributed by atoms with van der Waals surface area (Å²) in [6.07, 6.45) is 3.44. The van der Waals surface area contributed by atoms with Gasteiger partial charge in [0.2, 0.25) is 0 Å². The van der Waals surface area contributed by atoms with E-state index in [9.17, 15) is 14.9 Å². The van der Waals surface area contributed by atoms with Gasteiger partial charge >= 0.3 is 0 Å². The van der Waals surface area contributed by atoms with E-state index >= 15 is 0 Å². The highest BCUT2D eigenvalue weighted by molar-refractivity contribution is 5.95. The summed E-state index contributed by atoms with van der Waals surface area (Å²) < 4.78 is 0. The second kappa shape index (κ2) is 7.65. The molecule has 0 unspecified atom stereocenters. The first-order valence-corrected chi connectivity index (χ1v) is 6.87. The number of benzene rings is 2. The predicted molar refractivity (Wildman–Crippen MR) is 89.1 cm³/mol. The zero-order valence-electron chi connectivity index (χ0n) is 12.5. The molecule has 0 atom stereocenters. The molecule has 2 aromatic rings. The molecule has 0 saturated heterocycles. The van der Waals surface area contributed by atoms with Crippen LogP contribution in [0.4, 0.5) is 5.69 Å². The Labute approximate surface area is 133 Å². The highest BCUT2D eigenvalue weighted by Gasteiger charge is 2.10. The summed E-state index contributed by atoms with van der Waals surface area (Å²) in [7, 11) is 0. The first kappa shape index (κ1) is 16.1. The summed E-state index contributed by atoms with van der Waals surface area (Å²) in [5.41, 5.74) is 4.28. The van der Waals surface area contributed by atoms with Crippen LogP contribution < -0.4 is 5.43 Å². The van der Waals surface area contributed by atoms with E-state index in [-0.39, 0.29) is 11.3 Å². The zero-order chi connectivity index (χ0) is 16.7. The molecule has 0 bridgehead atoms. The van der Waals surface area contributed by atoms with Gasteiger partial charge < -0.3 is 0 Å². The van der Waals surface area contributed by atoms with Crippen molar-refractivity contribution in [1.29, 1.82) is 0 Å². The lowest BCUT2D eigenvalue weighted by molar-refractivity contribution is -0.384. The molecular formula is C17H15N3O3. The number of nitro groups is 1. The Morgan fingerprint density at radius 3 is 2.61 bits per heavy atom. The highest BCUT2D eigenvalue weighted by atomic mass is 16.6. The van der Waals surface area contributed by atoms with Crippen molar-refractivity contribution >= 4 is 23.9 Å². The van der Waals surface area contributed by atoms with Crippen molar-refractivity contribution in [3.05, 3.63) is 81.4 Å². The molecule has 0 aliphatic heterocycles. The molecule has 1 amide bonds. The molecule has 0 spiro atoms. The number of hydrazone groups is 1. The number of allylic oxidation sites excluding steroid dienone is 1. The zero-order valence-corrected chi connectivity index (χ0v) is 12.5. The molecule has 2 aromatic carbocycles. The van der Waals surface area contributed by atoms with E-state index in [0.717, 1.165) is 11.1 Å². The minimum absolute atomic E-state index is 0.137. The van der Waals surface area contributed by atoms with Gasteiger partial charge in [-0.25, -0.2) is 5.43 Å². The van der Waals surface area contributed by atoms with E-state index in [1.807, 2.05) is 43.3 Å². The number of non-ortho nitro benzene ring substituents is 1. The molecule has 0 saturated carbocycles. The van der Waals surface area contributed by atoms with Crippen LogP contribution in [-0.4, -0.2) is 17.0 Å². The van der Waals surface area contributed by atoms with E-state index in [2.05, 4.69) is 10.5 Å². The molecule has 0 radical (unpaired) electrons. The Hall–Kier alpha value is -3.28. The third kappa shape index (κ3) is 4.89. The van der Waals surface area contributed by atoms with E-state index < -0.39 is 10.8 Å². The maximum atomic E-state index is 11.9. The third-order valence-electron chi connectivity index (χ3n) is 2.95. The smallest absolute Gasteiger partial charge is 0.267 e. The number of carbonyl (C=O) groups is 1. The third-order valence-corrected chi connectivity index (χ3v) is 2.95. The molecule has 6 nitrogen and oxygen atoms in total. The second-order valence-corrected chi connectivity index (χ2v) is 4.81. The van der Waals surface area contributed by atoms with Gasteiger partial charge in [-0.15, -0.1) is 0 Å². The van der Waals surface area contributed by atoms with E-state index in [1.165, 1.54) is 30.5 Å². The fourth-order valence-electron chi connectivity index (χ4n) is 1.87. The largest absolute Gasteiger partial charge is 0.271 e. The van der Waals surface area contributed by atoms with Crippen LogP contribution >= 0.6 is 0 Å². The summed E-state index contributed by atoms with van der Waals surface area (Å²) in [4.78, 5) is 22.0. The van der Waals surface area contributed by atoms with Gasteiger partial charge in [0.15, 0.2) is 0 Å². The Morgan fingerprint density at radius 1 is 1.17 bits per heavy atom. The molecule has 116 valence electrons. The predicted octanol–water partition coefficient (Wildman–Crippen LogP) is 3.41. The second-order valence-electron chi connectivity index (χ2n) is 4.81. The Morgan fingerprint density at radius 2 is 1.91 bits per heavy atom. The molecule has 0 fully saturated rings. The van der Waals surface area contributed by atoms with Crippen LogP contribution in [0.1, 0.15) is 22.8 Å². The monoisotopic (exact) mass is 309 g/mol. The van der Waals surface area contributed by atoms with Gasteiger partial charge in [0.25, 0.3) is 11.6 Å². The number of nitrogens with one attached hydrogen (secondary N) is 1. The first-order chi connectivity index (χ1) is 11.1. The Balaban J connectivity index is 2.00. The average Bonchev–Trinajstić information content (AvgIpc) is 2.55. The number of hydrogen-bond donors (Lipinski definition) is 1. The lowest BCUT2D eigenvalue weighted by atomic mass is 10.1. The molecule has 0 aliphatic rings. The first-order valence-electron chi connectivity index (χ1n) is 6.87. The lowest BCUT2D eigenvalue weighted by Gasteiger charge is -2.00. The van der Waals surface area contributed by atoms with Crippen molar-refractivity contribution < 1.29 is 9.72 Å². The molecular weight excluding hydrogens is 294 g/mol. The van der Waals surface area contributed by atoms with Crippen molar-refractivity contribution in [3.8, 4) is 0 Å². The number of rotatable bonds is 5. The van der Waals surface area contributed by atoms with Gasteiger partial charge in [0, 0.05) is 17.7 Å². The number of nitro benzene ring substituents is 1. The van der Waals surface area contributed by atoms with Gasteiger partial charge in [-0.05, 0) is 24.1 Å². The van der Waals surface area contributed by atoms with Crippen molar-refractivity contribution in [1.82, 2.24) is 5.43 Å². The van der Waals surface area contributed by atoms with Crippen LogP contribution in [0.25, 0.3) is 6.08 Å². The fraction of sp³-hybridized carbons (Fsp3) is 0.0588. The molecule has 0 aromatic heterocycles. The van der Waals surface area contributed by atoms with Crippen LogP contribution in [0.5, 0.6) is 0 Å². The van der Waals surface area contributed by atoms with Crippen LogP contribution in [0.15, 0.2) is 65.3 Å². The van der Waals surface area contributed by atoms with Crippen LogP contribution in [0, 0.1) is 10.1 Å². The van der Waals surface area contributed by atoms with Crippen molar-refractivity contribution in [3.63, 3.8) is 0 Å². The van der Waals surface area contributed by atoms with Gasteiger partial charge in [0.1, 0.15) is 0 Å². The molecule has 23 heavy (non-hydrogen) atoms. The van der Waals surface area contributed by atoms with Crippen molar-refractivity contribution in [2.45, 2.75) is 6.92 Å². The number of nitrogens with zero attached hydrogens (tertiary/aromatic N) is 2. The summed E-state index contributed by atoms with van der Waals surface area (Å²) in [6, 6.07) is 15.2. The van der Waals surface area contributed by atoms with Gasteiger partial charge in [-0.1, -0.05) is 42.5 Å². The minimum atomic E-state index is -0.549. The summed E-state index contributed by atoms with van der Waals surface area (Å²) in [6.45, 7) is 1.86. The number of carbonyl (C=O) groups excluding carboxylic acids is 1. The van der Waals surface area contributed by atoms with E-state index in [1.54, 1.807) is 0 Å². The maximum Gasteiger partial charge on any atom is 0.271 e. The molecule has 1 N–H and O–H groups in total. The van der Waals surface area contributed by atoms with E-state index in [0.29, 0.717) is 0 Å². The van der Waals surface area contributed by atoms with Gasteiger partial charge in [0.05, 0.1) is 11.1 Å². The molecule has 6 heteroatoms. The lowest BCUT2D eigenvalue weighted by Crippen LogP contribution is -2.17. The summed E-state index contributed by atoms with van der Waals surface area (Å²) in [5, 5.41) is 14.5. The average molecular weight is 309 g/mol. The van der Waals surface area contributed by atoms with Gasteiger partial charge in [-0.2, -0.15) is 5.10 Å². The van der Waals surface area contributed by atoms with Crippen LogP contribution in [0.2, 0.25) is 0 Å². The maximum absolute atomic E-state index is 11.9.